The molecule has 5 aromatic carbocycles. The Balaban J connectivity index is 2.28. The van der Waals surface area contributed by atoms with E-state index < -0.39 is 0 Å². The lowest BCUT2D eigenvalue weighted by atomic mass is 10.1. The maximum absolute atomic E-state index is 12.6. The quantitative estimate of drug-likeness (QED) is 0.432. The molecular formula is C20H10O2. The molecule has 0 aliphatic heterocycles. The van der Waals surface area contributed by atoms with Crippen molar-refractivity contribution in [3.05, 3.63) is 81.1 Å². The molecule has 0 unspecified atom stereocenters. The van der Waals surface area contributed by atoms with Crippen molar-refractivity contribution in [3.8, 4) is 0 Å². The Morgan fingerprint density at radius 2 is 0.773 bits per heavy atom. The molecule has 5 rings (SSSR count). The molecule has 22 heavy (non-hydrogen) atoms. The van der Waals surface area contributed by atoms with Gasteiger partial charge in [0.25, 0.3) is 0 Å². The zero-order valence-electron chi connectivity index (χ0n) is 11.6. The fourth-order valence-electron chi connectivity index (χ4n) is 3.63. The summed E-state index contributed by atoms with van der Waals surface area (Å²) >= 11 is 0. The molecule has 0 amide bonds. The second kappa shape index (κ2) is 3.80. The molecule has 2 heteroatoms. The molecule has 0 saturated carbocycles. The number of hydrogen-bond acceptors (Lipinski definition) is 2. The molecule has 5 aromatic rings. The summed E-state index contributed by atoms with van der Waals surface area (Å²) in [6, 6.07) is 18.8. The molecule has 2 nitrogen and oxygen atoms in total. The molecule has 0 spiro atoms. The van der Waals surface area contributed by atoms with Gasteiger partial charge in [0.1, 0.15) is 0 Å². The van der Waals surface area contributed by atoms with Crippen LogP contribution < -0.4 is 10.9 Å². The van der Waals surface area contributed by atoms with Gasteiger partial charge in [-0.3, -0.25) is 9.59 Å². The number of hydrogen-bond donors (Lipinski definition) is 0. The van der Waals surface area contributed by atoms with Crippen LogP contribution in [0.3, 0.4) is 0 Å². The zero-order chi connectivity index (χ0) is 14.8. The van der Waals surface area contributed by atoms with Gasteiger partial charge in [-0.15, -0.1) is 0 Å². The van der Waals surface area contributed by atoms with Gasteiger partial charge in [-0.05, 0) is 22.9 Å². The zero-order valence-corrected chi connectivity index (χ0v) is 11.6. The van der Waals surface area contributed by atoms with Crippen LogP contribution in [0.5, 0.6) is 0 Å². The van der Waals surface area contributed by atoms with Gasteiger partial charge in [-0.2, -0.15) is 0 Å². The number of rotatable bonds is 0. The fourth-order valence-corrected chi connectivity index (χ4v) is 3.63. The van der Waals surface area contributed by atoms with Gasteiger partial charge < -0.3 is 0 Å². The molecule has 0 saturated heterocycles. The van der Waals surface area contributed by atoms with Crippen LogP contribution in [0.15, 0.2) is 70.3 Å². The summed E-state index contributed by atoms with van der Waals surface area (Å²) in [5, 5.41) is 6.54. The molecule has 0 radical (unpaired) electrons. The summed E-state index contributed by atoms with van der Waals surface area (Å²) < 4.78 is 0. The van der Waals surface area contributed by atoms with Crippen LogP contribution >= 0.6 is 0 Å². The standard InChI is InChI=1S/C20H10O2/c21-19-13-7-3-1-5-11(13)17-15(19)9-10-16-18(17)12-6-2-4-8-14(12)20(16)22/h1-10H. The van der Waals surface area contributed by atoms with Gasteiger partial charge in [0.05, 0.1) is 0 Å². The van der Waals surface area contributed by atoms with Crippen molar-refractivity contribution in [2.75, 3.05) is 0 Å². The molecule has 0 aliphatic rings. The van der Waals surface area contributed by atoms with Gasteiger partial charge in [0.2, 0.25) is 0 Å². The highest BCUT2D eigenvalue weighted by Crippen LogP contribution is 2.35. The largest absolute Gasteiger partial charge is 0.289 e. The van der Waals surface area contributed by atoms with Crippen LogP contribution in [0, 0.1) is 0 Å². The van der Waals surface area contributed by atoms with E-state index in [1.54, 1.807) is 12.1 Å². The predicted molar refractivity (Wildman–Crippen MR) is 91.4 cm³/mol. The SMILES string of the molecule is O=c1c2ccccc2c2c1ccc1c(=O)c3ccccc3c12. The van der Waals surface area contributed by atoms with E-state index in [2.05, 4.69) is 0 Å². The van der Waals surface area contributed by atoms with E-state index in [9.17, 15) is 9.59 Å². The smallest absolute Gasteiger partial charge is 0.194 e. The Hall–Kier alpha value is -3.00. The van der Waals surface area contributed by atoms with Crippen molar-refractivity contribution >= 4 is 43.1 Å². The Bertz CT molecular complexity index is 1200. The molecule has 0 aliphatic carbocycles. The first-order valence-electron chi connectivity index (χ1n) is 7.22. The van der Waals surface area contributed by atoms with Gasteiger partial charge in [-0.1, -0.05) is 48.5 Å². The first-order valence-corrected chi connectivity index (χ1v) is 7.22. The van der Waals surface area contributed by atoms with Crippen molar-refractivity contribution in [1.82, 2.24) is 0 Å². The first kappa shape index (κ1) is 11.6. The summed E-state index contributed by atoms with van der Waals surface area (Å²) in [5.41, 5.74) is 0.0930. The van der Waals surface area contributed by atoms with Gasteiger partial charge in [0, 0.05) is 32.3 Å². The lowest BCUT2D eigenvalue weighted by Crippen LogP contribution is -1.95. The number of benzene rings is 3. The third-order valence-corrected chi connectivity index (χ3v) is 4.58. The summed E-state index contributed by atoms with van der Waals surface area (Å²) in [7, 11) is 0. The second-order valence-electron chi connectivity index (χ2n) is 5.66. The van der Waals surface area contributed by atoms with Gasteiger partial charge in [0.15, 0.2) is 10.9 Å². The van der Waals surface area contributed by atoms with Crippen LogP contribution in [0.25, 0.3) is 43.1 Å². The highest BCUT2D eigenvalue weighted by Gasteiger charge is 2.17. The average Bonchev–Trinajstić information content (AvgIpc) is 3.02. The van der Waals surface area contributed by atoms with E-state index in [-0.39, 0.29) is 10.9 Å². The Labute approximate surface area is 124 Å². The summed E-state index contributed by atoms with van der Waals surface area (Å²) in [5.74, 6) is 0. The molecule has 0 heterocycles. The Kier molecular flexibility index (Phi) is 2.01. The molecule has 0 atom stereocenters. The summed E-state index contributed by atoms with van der Waals surface area (Å²) in [6.45, 7) is 0. The minimum absolute atomic E-state index is 0.0465. The maximum atomic E-state index is 12.6. The van der Waals surface area contributed by atoms with E-state index in [0.717, 1.165) is 32.3 Å². The topological polar surface area (TPSA) is 34.1 Å². The van der Waals surface area contributed by atoms with Crippen molar-refractivity contribution in [1.29, 1.82) is 0 Å². The summed E-state index contributed by atoms with van der Waals surface area (Å²) in [4.78, 5) is 25.2. The third kappa shape index (κ3) is 1.21. The molecule has 0 N–H and O–H groups in total. The molecule has 0 bridgehead atoms. The predicted octanol–water partition coefficient (Wildman–Crippen LogP) is 3.90. The Morgan fingerprint density at radius 1 is 0.409 bits per heavy atom. The van der Waals surface area contributed by atoms with Crippen molar-refractivity contribution in [3.63, 3.8) is 0 Å². The fraction of sp³-hybridized carbons (Fsp3) is 0. The summed E-state index contributed by atoms with van der Waals surface area (Å²) in [6.07, 6.45) is 0. The highest BCUT2D eigenvalue weighted by atomic mass is 16.1. The van der Waals surface area contributed by atoms with Crippen LogP contribution in [-0.4, -0.2) is 0 Å². The lowest BCUT2D eigenvalue weighted by molar-refractivity contribution is 1.79. The molecule has 0 aromatic heterocycles. The molecule has 102 valence electrons. The maximum Gasteiger partial charge on any atom is 0.194 e. The first-order chi connectivity index (χ1) is 10.8. The van der Waals surface area contributed by atoms with Gasteiger partial charge in [-0.25, -0.2) is 0 Å². The van der Waals surface area contributed by atoms with Crippen molar-refractivity contribution in [2.45, 2.75) is 0 Å². The lowest BCUT2D eigenvalue weighted by Gasteiger charge is -1.97. The van der Waals surface area contributed by atoms with Crippen molar-refractivity contribution < 1.29 is 0 Å². The minimum atomic E-state index is 0.0465. The molecular weight excluding hydrogens is 272 g/mol. The number of fused-ring (bicyclic) bond motifs is 7. The monoisotopic (exact) mass is 282 g/mol. The van der Waals surface area contributed by atoms with Crippen LogP contribution in [-0.2, 0) is 0 Å². The van der Waals surface area contributed by atoms with E-state index in [1.807, 2.05) is 48.5 Å². The van der Waals surface area contributed by atoms with E-state index in [4.69, 9.17) is 0 Å². The average molecular weight is 282 g/mol. The highest BCUT2D eigenvalue weighted by molar-refractivity contribution is 6.30. The van der Waals surface area contributed by atoms with E-state index in [0.29, 0.717) is 10.8 Å². The second-order valence-corrected chi connectivity index (χ2v) is 5.66. The van der Waals surface area contributed by atoms with E-state index in [1.165, 1.54) is 0 Å². The molecule has 0 fully saturated rings. The van der Waals surface area contributed by atoms with Gasteiger partial charge >= 0.3 is 0 Å². The van der Waals surface area contributed by atoms with E-state index >= 15 is 0 Å². The van der Waals surface area contributed by atoms with Crippen molar-refractivity contribution in [2.24, 2.45) is 0 Å². The normalized spacial score (nSPS) is 12.0. The van der Waals surface area contributed by atoms with Crippen LogP contribution in [0.2, 0.25) is 0 Å². The third-order valence-electron chi connectivity index (χ3n) is 4.58. The van der Waals surface area contributed by atoms with Crippen LogP contribution in [0.1, 0.15) is 0 Å². The minimum Gasteiger partial charge on any atom is -0.289 e. The Morgan fingerprint density at radius 3 is 1.18 bits per heavy atom. The van der Waals surface area contributed by atoms with Crippen LogP contribution in [0.4, 0.5) is 0 Å².